The Kier molecular flexibility index (Phi) is 7.93. The molecule has 1 N–H and O–H groups in total. The number of rotatable bonds is 3. The van der Waals surface area contributed by atoms with Gasteiger partial charge >= 0.3 is 59.1 Å². The van der Waals surface area contributed by atoms with E-state index in [1.54, 1.807) is 0 Å². The van der Waals surface area contributed by atoms with Gasteiger partial charge in [-0.3, -0.25) is 14.0 Å². The van der Waals surface area contributed by atoms with E-state index in [9.17, 15) is 24.6 Å². The molecule has 0 fully saturated rings. The van der Waals surface area contributed by atoms with E-state index >= 15 is 0 Å². The monoisotopic (exact) mass is 395 g/mol. The van der Waals surface area contributed by atoms with Gasteiger partial charge in [-0.25, -0.2) is 4.98 Å². The second-order valence-electron chi connectivity index (χ2n) is 6.58. The average Bonchev–Trinajstić information content (AvgIpc) is 2.80. The first-order chi connectivity index (χ1) is 11.2. The Hall–Kier alpha value is -0.420. The summed E-state index contributed by atoms with van der Waals surface area (Å²) in [5.41, 5.74) is -0.537. The number of carboxylic acid groups (broad SMARTS) is 1. The van der Waals surface area contributed by atoms with Crippen LogP contribution in [-0.4, -0.2) is 27.8 Å². The molecule has 128 valence electrons. The molecule has 0 unspecified atom stereocenters. The molecule has 1 aliphatic rings. The number of carboxylic acids is 1. The number of aromatic nitrogens is 2. The molecule has 3 rings (SSSR count). The van der Waals surface area contributed by atoms with Gasteiger partial charge in [0.1, 0.15) is 5.56 Å². The zero-order chi connectivity index (χ0) is 17.6. The maximum atomic E-state index is 12.6. The van der Waals surface area contributed by atoms with Crippen LogP contribution in [0.25, 0.3) is 4.96 Å². The molecule has 0 saturated carbocycles. The number of nitrogens with zero attached hydrogens (tertiary/aromatic N) is 2. The Morgan fingerprint density at radius 2 is 2.00 bits per heavy atom. The number of aryl methyl sites for hydroxylation is 1. The number of carbonyl (C=O) groups excluding carboxylic acids is 2. The number of hydrogen-bond donors (Lipinski definition) is 1. The summed E-state index contributed by atoms with van der Waals surface area (Å²) in [6, 6.07) is 0. The van der Waals surface area contributed by atoms with Crippen LogP contribution in [0.1, 0.15) is 41.2 Å². The molecular formula is C15H15N3Na2O5S. The Balaban J connectivity index is 0.00000169. The summed E-state index contributed by atoms with van der Waals surface area (Å²) < 4.78 is 1.31. The van der Waals surface area contributed by atoms with Gasteiger partial charge in [0.05, 0.1) is 12.5 Å². The Morgan fingerprint density at radius 1 is 1.35 bits per heavy atom. The smallest absolute Gasteiger partial charge is 0.858 e. The molecule has 0 atom stereocenters. The van der Waals surface area contributed by atoms with Gasteiger partial charge in [-0.1, -0.05) is 13.8 Å². The van der Waals surface area contributed by atoms with Crippen molar-refractivity contribution >= 4 is 28.2 Å². The summed E-state index contributed by atoms with van der Waals surface area (Å²) in [6.45, 7) is 3.49. The summed E-state index contributed by atoms with van der Waals surface area (Å²) >= 11 is 1.29. The molecular weight excluding hydrogens is 380 g/mol. The molecule has 26 heavy (non-hydrogen) atoms. The number of fused-ring (bicyclic) bond motifs is 3. The predicted octanol–water partition coefficient (Wildman–Crippen LogP) is -7.17. The first kappa shape index (κ1) is 23.6. The van der Waals surface area contributed by atoms with Crippen LogP contribution in [0.5, 0.6) is 5.88 Å². The molecule has 2 aromatic rings. The van der Waals surface area contributed by atoms with Gasteiger partial charge in [0.2, 0.25) is 0 Å². The summed E-state index contributed by atoms with van der Waals surface area (Å²) in [5, 5.41) is 24.4. The fourth-order valence-electron chi connectivity index (χ4n) is 2.89. The third kappa shape index (κ3) is 4.52. The molecule has 1 amide bonds. The van der Waals surface area contributed by atoms with Gasteiger partial charge < -0.3 is 20.3 Å². The Labute approximate surface area is 197 Å². The molecule has 0 bridgehead atoms. The van der Waals surface area contributed by atoms with Crippen LogP contribution in [0.15, 0.2) is 4.79 Å². The topological polar surface area (TPSA) is 127 Å². The maximum Gasteiger partial charge on any atom is 1.00 e. The number of aliphatic carboxylic acids is 1. The SMILES string of the molecule is CC1(C)CCc2c(sc3nc([O-])c(C(=O)NCC(=O)[O-])c(=O)n23)C1.[Na+].[Na+]. The third-order valence-electron chi connectivity index (χ3n) is 4.12. The van der Waals surface area contributed by atoms with Crippen molar-refractivity contribution in [2.45, 2.75) is 33.1 Å². The normalized spacial score (nSPS) is 14.7. The molecule has 0 saturated heterocycles. The van der Waals surface area contributed by atoms with Crippen molar-refractivity contribution in [3.8, 4) is 5.88 Å². The van der Waals surface area contributed by atoms with Crippen molar-refractivity contribution in [3.63, 3.8) is 0 Å². The van der Waals surface area contributed by atoms with Gasteiger partial charge in [0.15, 0.2) is 4.96 Å². The molecule has 8 nitrogen and oxygen atoms in total. The number of nitrogens with one attached hydrogen (secondary N) is 1. The van der Waals surface area contributed by atoms with Gasteiger partial charge in [-0.05, 0) is 24.7 Å². The van der Waals surface area contributed by atoms with E-state index in [2.05, 4.69) is 18.8 Å². The van der Waals surface area contributed by atoms with E-state index in [0.717, 1.165) is 23.4 Å². The zero-order valence-electron chi connectivity index (χ0n) is 15.2. The number of hydrogen-bond acceptors (Lipinski definition) is 7. The number of amides is 1. The van der Waals surface area contributed by atoms with Gasteiger partial charge in [0.25, 0.3) is 11.5 Å². The molecule has 0 radical (unpaired) electrons. The molecule has 1 aliphatic carbocycles. The summed E-state index contributed by atoms with van der Waals surface area (Å²) in [4.78, 5) is 40.1. The second kappa shape index (κ2) is 8.72. The standard InChI is InChI=1S/C15H17N3O5S.2Na/c1-15(2)4-3-7-8(5-15)24-14-17-12(22)10(13(23)18(7)14)11(21)16-6-9(19)20;;/h22H,3-6H2,1-2H3,(H,16,21)(H,19,20);;/q;2*+1/p-2. The van der Waals surface area contributed by atoms with E-state index in [0.29, 0.717) is 6.42 Å². The van der Waals surface area contributed by atoms with Gasteiger partial charge in [-0.15, -0.1) is 11.3 Å². The molecule has 0 spiro atoms. The van der Waals surface area contributed by atoms with E-state index in [1.165, 1.54) is 15.7 Å². The Morgan fingerprint density at radius 3 is 2.62 bits per heavy atom. The first-order valence-corrected chi connectivity index (χ1v) is 8.23. The molecule has 2 aromatic heterocycles. The Bertz CT molecular complexity index is 922. The van der Waals surface area contributed by atoms with Crippen molar-refractivity contribution in [2.24, 2.45) is 5.41 Å². The zero-order valence-corrected chi connectivity index (χ0v) is 20.0. The van der Waals surface area contributed by atoms with Crippen molar-refractivity contribution in [3.05, 3.63) is 26.5 Å². The molecule has 11 heteroatoms. The molecule has 2 heterocycles. The van der Waals surface area contributed by atoms with E-state index < -0.39 is 35.4 Å². The van der Waals surface area contributed by atoms with Crippen LogP contribution in [-0.2, 0) is 17.6 Å². The van der Waals surface area contributed by atoms with Gasteiger partial charge in [0, 0.05) is 16.5 Å². The first-order valence-electron chi connectivity index (χ1n) is 7.42. The maximum absolute atomic E-state index is 12.6. The van der Waals surface area contributed by atoms with Crippen molar-refractivity contribution in [1.82, 2.24) is 14.7 Å². The van der Waals surface area contributed by atoms with Crippen LogP contribution in [0, 0.1) is 5.41 Å². The number of carbonyl (C=O) groups is 2. The summed E-state index contributed by atoms with van der Waals surface area (Å²) in [7, 11) is 0. The fraction of sp³-hybridized carbons (Fsp3) is 0.467. The summed E-state index contributed by atoms with van der Waals surface area (Å²) in [6.07, 6.45) is 2.31. The van der Waals surface area contributed by atoms with Crippen molar-refractivity contribution in [2.75, 3.05) is 6.54 Å². The van der Waals surface area contributed by atoms with Crippen LogP contribution >= 0.6 is 11.3 Å². The minimum absolute atomic E-state index is 0. The van der Waals surface area contributed by atoms with Gasteiger partial charge in [-0.2, -0.15) is 0 Å². The largest absolute Gasteiger partial charge is 1.00 e. The van der Waals surface area contributed by atoms with Crippen LogP contribution in [0.3, 0.4) is 0 Å². The fourth-order valence-corrected chi connectivity index (χ4v) is 4.29. The quantitative estimate of drug-likeness (QED) is 0.515. The van der Waals surface area contributed by atoms with E-state index in [-0.39, 0.29) is 69.5 Å². The van der Waals surface area contributed by atoms with Crippen LogP contribution < -0.4 is 80.2 Å². The molecule has 0 aliphatic heterocycles. The van der Waals surface area contributed by atoms with Crippen LogP contribution in [0.2, 0.25) is 0 Å². The van der Waals surface area contributed by atoms with Crippen LogP contribution in [0.4, 0.5) is 0 Å². The van der Waals surface area contributed by atoms with E-state index in [4.69, 9.17) is 0 Å². The predicted molar refractivity (Wildman–Crippen MR) is 81.9 cm³/mol. The van der Waals surface area contributed by atoms with E-state index in [1.807, 2.05) is 5.32 Å². The third-order valence-corrected chi connectivity index (χ3v) is 5.21. The summed E-state index contributed by atoms with van der Waals surface area (Å²) in [5.74, 6) is -3.51. The van der Waals surface area contributed by atoms with Crippen molar-refractivity contribution < 1.29 is 78.9 Å². The average molecular weight is 395 g/mol. The minimum atomic E-state index is -1.51. The second-order valence-corrected chi connectivity index (χ2v) is 7.64. The number of thiazole rings is 1. The minimum Gasteiger partial charge on any atom is -0.858 e. The van der Waals surface area contributed by atoms with Crippen molar-refractivity contribution in [1.29, 1.82) is 0 Å². The molecule has 0 aromatic carbocycles.